The van der Waals surface area contributed by atoms with Crippen LogP contribution in [0.5, 0.6) is 0 Å². The van der Waals surface area contributed by atoms with E-state index in [1.54, 1.807) is 6.07 Å². The molecule has 0 saturated carbocycles. The van der Waals surface area contributed by atoms with Crippen molar-refractivity contribution in [3.05, 3.63) is 17.0 Å². The Balaban J connectivity index is 2.90. The van der Waals surface area contributed by atoms with Gasteiger partial charge in [-0.1, -0.05) is 19.8 Å². The predicted molar refractivity (Wildman–Crippen MR) is 66.9 cm³/mol. The zero-order chi connectivity index (χ0) is 12.2. The number of hydrogen-bond acceptors (Lipinski definition) is 3. The van der Waals surface area contributed by atoms with Gasteiger partial charge in [0.1, 0.15) is 4.21 Å². The molecule has 88 valence electrons. The zero-order valence-corrected chi connectivity index (χ0v) is 11.0. The third-order valence-corrected chi connectivity index (χ3v) is 5.35. The van der Waals surface area contributed by atoms with Gasteiger partial charge in [-0.25, -0.2) is 8.42 Å². The van der Waals surface area contributed by atoms with Crippen molar-refractivity contribution in [2.24, 2.45) is 0 Å². The highest BCUT2D eigenvalue weighted by atomic mass is 32.2. The predicted octanol–water partition coefficient (Wildman–Crippen LogP) is 2.00. The summed E-state index contributed by atoms with van der Waals surface area (Å²) in [5, 5.41) is 0. The second kappa shape index (κ2) is 5.48. The quantitative estimate of drug-likeness (QED) is 0.820. The largest absolute Gasteiger partial charge is 0.251 e. The maximum atomic E-state index is 11.9. The van der Waals surface area contributed by atoms with Crippen LogP contribution in [0, 0.1) is 12.3 Å². The standard InChI is InChI=1S/C11H15NO2S2/c1-4-9(5-2)12-16(13,14)11-8-7-10(6-3)15-11/h1,7-9,12H,5-6H2,2-3H3. The normalized spacial score (nSPS) is 13.3. The van der Waals surface area contributed by atoms with E-state index < -0.39 is 16.1 Å². The lowest BCUT2D eigenvalue weighted by molar-refractivity contribution is 0.572. The van der Waals surface area contributed by atoms with Gasteiger partial charge in [0.25, 0.3) is 10.0 Å². The summed E-state index contributed by atoms with van der Waals surface area (Å²) in [6.07, 6.45) is 6.65. The van der Waals surface area contributed by atoms with Gasteiger partial charge in [0.15, 0.2) is 0 Å². The minimum absolute atomic E-state index is 0.332. The van der Waals surface area contributed by atoms with Crippen molar-refractivity contribution in [2.45, 2.75) is 36.9 Å². The van der Waals surface area contributed by atoms with E-state index >= 15 is 0 Å². The average molecular weight is 257 g/mol. The second-order valence-electron chi connectivity index (χ2n) is 3.32. The molecule has 1 atom stereocenters. The number of thiophene rings is 1. The molecule has 0 aliphatic carbocycles. The van der Waals surface area contributed by atoms with Gasteiger partial charge in [-0.05, 0) is 25.0 Å². The van der Waals surface area contributed by atoms with E-state index in [1.807, 2.05) is 19.9 Å². The Morgan fingerprint density at radius 2 is 2.19 bits per heavy atom. The zero-order valence-electron chi connectivity index (χ0n) is 9.36. The Hall–Kier alpha value is -0.830. The van der Waals surface area contributed by atoms with E-state index in [0.29, 0.717) is 10.6 Å². The van der Waals surface area contributed by atoms with E-state index in [2.05, 4.69) is 10.6 Å². The molecule has 0 saturated heterocycles. The first-order valence-corrected chi connectivity index (χ1v) is 7.40. The second-order valence-corrected chi connectivity index (χ2v) is 6.43. The molecule has 0 bridgehead atoms. The Morgan fingerprint density at radius 1 is 1.50 bits per heavy atom. The average Bonchev–Trinajstić information content (AvgIpc) is 2.75. The van der Waals surface area contributed by atoms with Crippen LogP contribution in [-0.2, 0) is 16.4 Å². The smallest absolute Gasteiger partial charge is 0.206 e. The van der Waals surface area contributed by atoms with Crippen molar-refractivity contribution in [3.8, 4) is 12.3 Å². The third kappa shape index (κ3) is 3.08. The van der Waals surface area contributed by atoms with Crippen LogP contribution in [0.1, 0.15) is 25.1 Å². The summed E-state index contributed by atoms with van der Waals surface area (Å²) in [6.45, 7) is 3.84. The van der Waals surface area contributed by atoms with Gasteiger partial charge in [-0.2, -0.15) is 4.72 Å². The number of aryl methyl sites for hydroxylation is 1. The van der Waals surface area contributed by atoms with Crippen molar-refractivity contribution in [1.82, 2.24) is 4.72 Å². The first-order chi connectivity index (χ1) is 7.53. The van der Waals surface area contributed by atoms with Crippen LogP contribution in [0.4, 0.5) is 0 Å². The Kier molecular flexibility index (Phi) is 4.54. The van der Waals surface area contributed by atoms with Crippen LogP contribution >= 0.6 is 11.3 Å². The molecule has 0 amide bonds. The molecule has 1 aromatic heterocycles. The van der Waals surface area contributed by atoms with Crippen molar-refractivity contribution in [1.29, 1.82) is 0 Å². The molecule has 0 aliphatic rings. The lowest BCUT2D eigenvalue weighted by Gasteiger charge is -2.09. The van der Waals surface area contributed by atoms with Gasteiger partial charge in [0, 0.05) is 4.88 Å². The van der Waals surface area contributed by atoms with Gasteiger partial charge in [-0.3, -0.25) is 0 Å². The highest BCUT2D eigenvalue weighted by Gasteiger charge is 2.19. The van der Waals surface area contributed by atoms with Crippen molar-refractivity contribution >= 4 is 21.4 Å². The van der Waals surface area contributed by atoms with Crippen LogP contribution in [0.3, 0.4) is 0 Å². The highest BCUT2D eigenvalue weighted by Crippen LogP contribution is 2.22. The highest BCUT2D eigenvalue weighted by molar-refractivity contribution is 7.91. The Morgan fingerprint density at radius 3 is 2.62 bits per heavy atom. The molecule has 5 heteroatoms. The van der Waals surface area contributed by atoms with E-state index in [1.165, 1.54) is 11.3 Å². The number of terminal acetylenes is 1. The molecule has 1 N–H and O–H groups in total. The monoisotopic (exact) mass is 257 g/mol. The molecule has 1 heterocycles. The lowest BCUT2D eigenvalue weighted by Crippen LogP contribution is -2.32. The number of hydrogen-bond donors (Lipinski definition) is 1. The lowest BCUT2D eigenvalue weighted by atomic mass is 10.3. The molecular formula is C11H15NO2S2. The van der Waals surface area contributed by atoms with E-state index in [9.17, 15) is 8.42 Å². The van der Waals surface area contributed by atoms with Crippen LogP contribution in [0.25, 0.3) is 0 Å². The molecule has 1 unspecified atom stereocenters. The summed E-state index contributed by atoms with van der Waals surface area (Å²) in [4.78, 5) is 1.05. The van der Waals surface area contributed by atoms with Gasteiger partial charge in [-0.15, -0.1) is 17.8 Å². The molecule has 0 fully saturated rings. The summed E-state index contributed by atoms with van der Waals surface area (Å²) in [7, 11) is -3.45. The molecular weight excluding hydrogens is 242 g/mol. The number of rotatable bonds is 5. The molecule has 0 radical (unpaired) electrons. The SMILES string of the molecule is C#CC(CC)NS(=O)(=O)c1ccc(CC)s1. The summed E-state index contributed by atoms with van der Waals surface area (Å²) in [5.41, 5.74) is 0. The van der Waals surface area contributed by atoms with E-state index in [-0.39, 0.29) is 0 Å². The Labute approximate surface area is 101 Å². The van der Waals surface area contributed by atoms with Gasteiger partial charge >= 0.3 is 0 Å². The number of nitrogens with one attached hydrogen (secondary N) is 1. The van der Waals surface area contributed by atoms with Crippen LogP contribution in [-0.4, -0.2) is 14.5 Å². The van der Waals surface area contributed by atoms with Gasteiger partial charge in [0.2, 0.25) is 0 Å². The third-order valence-electron chi connectivity index (χ3n) is 2.16. The maximum absolute atomic E-state index is 11.9. The Bertz CT molecular complexity index is 482. The molecule has 1 rings (SSSR count). The van der Waals surface area contributed by atoms with Crippen molar-refractivity contribution in [2.75, 3.05) is 0 Å². The van der Waals surface area contributed by atoms with Crippen molar-refractivity contribution in [3.63, 3.8) is 0 Å². The minimum Gasteiger partial charge on any atom is -0.206 e. The number of sulfonamides is 1. The molecule has 0 spiro atoms. The fourth-order valence-corrected chi connectivity index (χ4v) is 3.73. The first kappa shape index (κ1) is 13.2. The van der Waals surface area contributed by atoms with E-state index in [4.69, 9.17) is 6.42 Å². The first-order valence-electron chi connectivity index (χ1n) is 5.10. The van der Waals surface area contributed by atoms with Crippen LogP contribution < -0.4 is 4.72 Å². The molecule has 0 aromatic carbocycles. The van der Waals surface area contributed by atoms with Gasteiger partial charge in [0.05, 0.1) is 6.04 Å². The fraction of sp³-hybridized carbons (Fsp3) is 0.455. The summed E-state index contributed by atoms with van der Waals surface area (Å²) < 4.78 is 26.6. The molecule has 16 heavy (non-hydrogen) atoms. The van der Waals surface area contributed by atoms with Crippen molar-refractivity contribution < 1.29 is 8.42 Å². The van der Waals surface area contributed by atoms with E-state index in [0.717, 1.165) is 11.3 Å². The summed E-state index contributed by atoms with van der Waals surface area (Å²) >= 11 is 1.28. The van der Waals surface area contributed by atoms with Crippen LogP contribution in [0.15, 0.2) is 16.3 Å². The topological polar surface area (TPSA) is 46.2 Å². The van der Waals surface area contributed by atoms with Gasteiger partial charge < -0.3 is 0 Å². The molecule has 0 aliphatic heterocycles. The summed E-state index contributed by atoms with van der Waals surface area (Å²) in [6, 6.07) is 3.02. The minimum atomic E-state index is -3.45. The summed E-state index contributed by atoms with van der Waals surface area (Å²) in [5.74, 6) is 2.41. The molecule has 1 aromatic rings. The fourth-order valence-electron chi connectivity index (χ4n) is 1.17. The molecule has 3 nitrogen and oxygen atoms in total. The van der Waals surface area contributed by atoms with Crippen LogP contribution in [0.2, 0.25) is 0 Å². The maximum Gasteiger partial charge on any atom is 0.251 e.